The number of aryl methyl sites for hydroxylation is 1. The highest BCUT2D eigenvalue weighted by Gasteiger charge is 2.22. The van der Waals surface area contributed by atoms with Gasteiger partial charge in [-0.2, -0.15) is 0 Å². The van der Waals surface area contributed by atoms with Gasteiger partial charge in [-0.3, -0.25) is 19.7 Å². The maximum Gasteiger partial charge on any atom is 0.318 e. The fourth-order valence-electron chi connectivity index (χ4n) is 4.97. The number of anilines is 1. The number of nitrogens with zero attached hydrogens (tertiary/aromatic N) is 1. The van der Waals surface area contributed by atoms with Crippen LogP contribution in [0, 0.1) is 0 Å². The van der Waals surface area contributed by atoms with Crippen LogP contribution in [0.4, 0.5) is 10.5 Å². The number of amides is 4. The summed E-state index contributed by atoms with van der Waals surface area (Å²) in [6, 6.07) is 23.0. The molecule has 0 bridgehead atoms. The highest BCUT2D eigenvalue weighted by molar-refractivity contribution is 5.94. The SMILES string of the molecule is CNC(=O)Nc1ccccc1-c1ccc(CNC(=O)CCc2cn(NC(=O)CC(C)(C)NC[C@@H](C)O)c3ccccc23)cc1. The van der Waals surface area contributed by atoms with Crippen LogP contribution in [0.3, 0.4) is 0 Å². The van der Waals surface area contributed by atoms with E-state index < -0.39 is 11.6 Å². The molecular formula is C34H42N6O4. The molecule has 0 spiro atoms. The van der Waals surface area contributed by atoms with Gasteiger partial charge in [0, 0.05) is 55.7 Å². The van der Waals surface area contributed by atoms with E-state index in [1.165, 1.54) is 0 Å². The Labute approximate surface area is 258 Å². The third kappa shape index (κ3) is 8.92. The predicted molar refractivity (Wildman–Crippen MR) is 175 cm³/mol. The summed E-state index contributed by atoms with van der Waals surface area (Å²) in [4.78, 5) is 37.5. The highest BCUT2D eigenvalue weighted by Crippen LogP contribution is 2.28. The average Bonchev–Trinajstić information content (AvgIpc) is 3.35. The quantitative estimate of drug-likeness (QED) is 0.135. The molecule has 3 aromatic carbocycles. The van der Waals surface area contributed by atoms with E-state index in [1.807, 2.05) is 92.8 Å². The number of para-hydroxylation sites is 2. The van der Waals surface area contributed by atoms with E-state index in [0.717, 1.165) is 33.2 Å². The Kier molecular flexibility index (Phi) is 10.8. The van der Waals surface area contributed by atoms with Gasteiger partial charge < -0.3 is 26.4 Å². The van der Waals surface area contributed by atoms with Crippen molar-refractivity contribution in [3.8, 4) is 11.1 Å². The lowest BCUT2D eigenvalue weighted by Crippen LogP contribution is -2.45. The number of carbonyl (C=O) groups is 3. The van der Waals surface area contributed by atoms with Gasteiger partial charge in [0.05, 0.1) is 17.3 Å². The van der Waals surface area contributed by atoms with Gasteiger partial charge in [0.25, 0.3) is 0 Å². The zero-order chi connectivity index (χ0) is 31.7. The summed E-state index contributed by atoms with van der Waals surface area (Å²) < 4.78 is 1.72. The van der Waals surface area contributed by atoms with E-state index in [1.54, 1.807) is 18.6 Å². The number of aliphatic hydroxyl groups excluding tert-OH is 1. The second-order valence-electron chi connectivity index (χ2n) is 11.6. The zero-order valence-electron chi connectivity index (χ0n) is 25.7. The topological polar surface area (TPSA) is 137 Å². The minimum Gasteiger partial charge on any atom is -0.392 e. The van der Waals surface area contributed by atoms with Crippen molar-refractivity contribution in [1.82, 2.24) is 20.6 Å². The molecule has 0 fully saturated rings. The molecule has 10 nitrogen and oxygen atoms in total. The lowest BCUT2D eigenvalue weighted by atomic mass is 10.00. The molecule has 0 saturated heterocycles. The summed E-state index contributed by atoms with van der Waals surface area (Å²) in [6.07, 6.45) is 2.42. The number of aromatic nitrogens is 1. The molecule has 232 valence electrons. The highest BCUT2D eigenvalue weighted by atomic mass is 16.3. The van der Waals surface area contributed by atoms with Gasteiger partial charge in [-0.15, -0.1) is 0 Å². The van der Waals surface area contributed by atoms with Crippen molar-refractivity contribution in [1.29, 1.82) is 0 Å². The van der Waals surface area contributed by atoms with Crippen LogP contribution in [0.5, 0.6) is 0 Å². The average molecular weight is 599 g/mol. The van der Waals surface area contributed by atoms with Crippen molar-refractivity contribution in [2.45, 2.75) is 58.2 Å². The normalized spacial score (nSPS) is 12.0. The third-order valence-electron chi connectivity index (χ3n) is 7.30. The van der Waals surface area contributed by atoms with Gasteiger partial charge >= 0.3 is 6.03 Å². The van der Waals surface area contributed by atoms with Crippen LogP contribution in [0.1, 0.15) is 44.7 Å². The van der Waals surface area contributed by atoms with E-state index in [0.29, 0.717) is 31.6 Å². The Hall–Kier alpha value is -4.67. The first kappa shape index (κ1) is 32.2. The lowest BCUT2D eigenvalue weighted by molar-refractivity contribution is -0.121. The maximum absolute atomic E-state index is 12.9. The number of benzene rings is 3. The molecule has 0 aliphatic rings. The summed E-state index contributed by atoms with van der Waals surface area (Å²) in [5.41, 5.74) is 7.84. The number of urea groups is 1. The van der Waals surface area contributed by atoms with Crippen LogP contribution in [0.25, 0.3) is 22.0 Å². The number of β-amino-alcohol motifs (C(OH)–C–C–N with tert-alkyl or cyclic N) is 1. The number of aliphatic hydroxyl groups is 1. The van der Waals surface area contributed by atoms with E-state index >= 15 is 0 Å². The Morgan fingerprint density at radius 2 is 1.64 bits per heavy atom. The van der Waals surface area contributed by atoms with Crippen molar-refractivity contribution in [2.24, 2.45) is 0 Å². The van der Waals surface area contributed by atoms with E-state index in [-0.39, 0.29) is 24.3 Å². The van der Waals surface area contributed by atoms with Gasteiger partial charge in [0.1, 0.15) is 0 Å². The van der Waals surface area contributed by atoms with Gasteiger partial charge in [0.2, 0.25) is 11.8 Å². The molecule has 0 unspecified atom stereocenters. The molecular weight excluding hydrogens is 556 g/mol. The van der Waals surface area contributed by atoms with Crippen LogP contribution in [-0.2, 0) is 22.6 Å². The fourth-order valence-corrected chi connectivity index (χ4v) is 4.97. The molecule has 6 N–H and O–H groups in total. The Morgan fingerprint density at radius 1 is 0.932 bits per heavy atom. The van der Waals surface area contributed by atoms with Gasteiger partial charge in [-0.1, -0.05) is 60.7 Å². The standard InChI is InChI=1S/C34H42N6O4/c1-23(41)20-37-34(2,3)19-32(43)39-40-22-26(28-10-6-8-12-30(28)40)17-18-31(42)36-21-24-13-15-25(16-14-24)27-9-5-7-11-29(27)38-33(44)35-4/h5-16,22-23,37,41H,17-21H2,1-4H3,(H,36,42)(H,39,43)(H2,35,38,44)/t23-/m1/s1. The molecule has 0 aliphatic carbocycles. The molecule has 1 aromatic heterocycles. The number of carbonyl (C=O) groups excluding carboxylic acids is 3. The van der Waals surface area contributed by atoms with Crippen LogP contribution in [0.15, 0.2) is 79.0 Å². The molecule has 4 rings (SSSR count). The second-order valence-corrected chi connectivity index (χ2v) is 11.6. The van der Waals surface area contributed by atoms with E-state index in [9.17, 15) is 19.5 Å². The fraction of sp³-hybridized carbons (Fsp3) is 0.324. The number of rotatable bonds is 13. The number of fused-ring (bicyclic) bond motifs is 1. The predicted octanol–water partition coefficient (Wildman–Crippen LogP) is 4.52. The van der Waals surface area contributed by atoms with Gasteiger partial charge in [-0.25, -0.2) is 4.79 Å². The third-order valence-corrected chi connectivity index (χ3v) is 7.30. The summed E-state index contributed by atoms with van der Waals surface area (Å²) in [6.45, 7) is 6.34. The van der Waals surface area contributed by atoms with Crippen LogP contribution in [-0.4, -0.2) is 52.9 Å². The Morgan fingerprint density at radius 3 is 2.36 bits per heavy atom. The van der Waals surface area contributed by atoms with Crippen molar-refractivity contribution < 1.29 is 19.5 Å². The molecule has 44 heavy (non-hydrogen) atoms. The van der Waals surface area contributed by atoms with Gasteiger partial charge in [0.15, 0.2) is 0 Å². The monoisotopic (exact) mass is 598 g/mol. The molecule has 4 aromatic rings. The Bertz CT molecular complexity index is 1590. The first-order valence-corrected chi connectivity index (χ1v) is 14.8. The number of nitrogens with one attached hydrogen (secondary N) is 5. The van der Waals surface area contributed by atoms with Crippen molar-refractivity contribution >= 4 is 34.4 Å². The molecule has 1 atom stereocenters. The van der Waals surface area contributed by atoms with E-state index in [2.05, 4.69) is 26.7 Å². The van der Waals surface area contributed by atoms with Crippen LogP contribution < -0.4 is 26.7 Å². The van der Waals surface area contributed by atoms with Crippen LogP contribution in [0.2, 0.25) is 0 Å². The number of hydrogen-bond acceptors (Lipinski definition) is 5. The molecule has 4 amide bonds. The summed E-state index contributed by atoms with van der Waals surface area (Å²) in [7, 11) is 1.57. The first-order valence-electron chi connectivity index (χ1n) is 14.8. The Balaban J connectivity index is 1.33. The summed E-state index contributed by atoms with van der Waals surface area (Å²) >= 11 is 0. The zero-order valence-corrected chi connectivity index (χ0v) is 25.7. The smallest absolute Gasteiger partial charge is 0.318 e. The largest absolute Gasteiger partial charge is 0.392 e. The molecule has 0 radical (unpaired) electrons. The maximum atomic E-state index is 12.9. The van der Waals surface area contributed by atoms with Gasteiger partial charge in [-0.05, 0) is 56.0 Å². The van der Waals surface area contributed by atoms with Crippen molar-refractivity contribution in [3.63, 3.8) is 0 Å². The second kappa shape index (κ2) is 14.7. The minimum atomic E-state index is -0.501. The summed E-state index contributed by atoms with van der Waals surface area (Å²) in [5, 5.41) is 22.2. The lowest BCUT2D eigenvalue weighted by Gasteiger charge is -2.26. The first-order chi connectivity index (χ1) is 21.0. The molecule has 1 heterocycles. The van der Waals surface area contributed by atoms with Crippen molar-refractivity contribution in [2.75, 3.05) is 24.3 Å². The molecule has 0 aliphatic heterocycles. The van der Waals surface area contributed by atoms with Crippen molar-refractivity contribution in [3.05, 3.63) is 90.1 Å². The minimum absolute atomic E-state index is 0.0685. The summed E-state index contributed by atoms with van der Waals surface area (Å²) in [5.74, 6) is -0.226. The van der Waals surface area contributed by atoms with Crippen LogP contribution >= 0.6 is 0 Å². The van der Waals surface area contributed by atoms with E-state index in [4.69, 9.17) is 0 Å². The molecule has 0 saturated carbocycles. The molecule has 10 heteroatoms. The number of hydrogen-bond donors (Lipinski definition) is 6.